The molecule has 1 aromatic heterocycles. The third kappa shape index (κ3) is 2.35. The predicted molar refractivity (Wildman–Crippen MR) is 89.9 cm³/mol. The molecule has 1 saturated carbocycles. The first-order valence-electron chi connectivity index (χ1n) is 6.17. The molecule has 2 aromatic rings. The van der Waals surface area contributed by atoms with Gasteiger partial charge in [0.25, 0.3) is 0 Å². The average molecular weight is 408 g/mol. The third-order valence-electron chi connectivity index (χ3n) is 3.96. The quantitative estimate of drug-likeness (QED) is 0.586. The van der Waals surface area contributed by atoms with Gasteiger partial charge < -0.3 is 9.55 Å². The zero-order valence-electron chi connectivity index (χ0n) is 10.5. The van der Waals surface area contributed by atoms with E-state index in [0.29, 0.717) is 8.34 Å². The number of nitrogens with zero attached hydrogens (tertiary/aromatic N) is 1. The molecule has 0 saturated heterocycles. The topological polar surface area (TPSA) is 20.7 Å². The van der Waals surface area contributed by atoms with Gasteiger partial charge in [-0.1, -0.05) is 6.42 Å². The number of nitrogens with one attached hydrogen (secondary N) is 1. The molecule has 19 heavy (non-hydrogen) atoms. The molecule has 1 aliphatic rings. The van der Waals surface area contributed by atoms with Gasteiger partial charge >= 0.3 is 0 Å². The molecule has 6 heteroatoms. The predicted octanol–water partition coefficient (Wildman–Crippen LogP) is 4.73. The lowest BCUT2D eigenvalue weighted by molar-refractivity contribution is 0.323. The van der Waals surface area contributed by atoms with Crippen LogP contribution in [-0.2, 0) is 6.54 Å². The molecule has 0 atom stereocenters. The summed E-state index contributed by atoms with van der Waals surface area (Å²) in [6.45, 7) is 0.868. The molecule has 1 fully saturated rings. The van der Waals surface area contributed by atoms with Crippen molar-refractivity contribution in [2.45, 2.75) is 30.6 Å². The van der Waals surface area contributed by atoms with Gasteiger partial charge in [-0.3, -0.25) is 0 Å². The number of hydrogen-bond acceptors (Lipinski definition) is 2. The number of imidazole rings is 1. The van der Waals surface area contributed by atoms with Crippen molar-refractivity contribution in [2.24, 2.45) is 0 Å². The largest absolute Gasteiger partial charge is 0.331 e. The Morgan fingerprint density at radius 1 is 1.53 bits per heavy atom. The summed E-state index contributed by atoms with van der Waals surface area (Å²) in [5, 5.41) is 0. The van der Waals surface area contributed by atoms with Crippen molar-refractivity contribution < 1.29 is 4.39 Å². The summed E-state index contributed by atoms with van der Waals surface area (Å²) in [5.74, 6) is -0.178. The first kappa shape index (κ1) is 13.9. The van der Waals surface area contributed by atoms with Gasteiger partial charge in [0, 0.05) is 17.4 Å². The molecular formula is C13H14FIN2S2. The number of thioether (sulfide) groups is 1. The van der Waals surface area contributed by atoms with Gasteiger partial charge in [-0.25, -0.2) is 4.39 Å². The van der Waals surface area contributed by atoms with Crippen molar-refractivity contribution >= 4 is 57.6 Å². The molecular weight excluding hydrogens is 394 g/mol. The number of halogens is 2. The molecule has 2 nitrogen and oxygen atoms in total. The summed E-state index contributed by atoms with van der Waals surface area (Å²) in [4.78, 5) is 3.19. The molecule has 1 N–H and O–H groups in total. The summed E-state index contributed by atoms with van der Waals surface area (Å²) in [6.07, 6.45) is 5.87. The summed E-state index contributed by atoms with van der Waals surface area (Å²) in [7, 11) is 0. The smallest absolute Gasteiger partial charge is 0.178 e. The Hall–Kier alpha value is -0.0800. The van der Waals surface area contributed by atoms with Crippen molar-refractivity contribution in [3.63, 3.8) is 0 Å². The second-order valence-corrected chi connectivity index (χ2v) is 7.86. The van der Waals surface area contributed by atoms with Crippen molar-refractivity contribution in [1.82, 2.24) is 9.55 Å². The molecule has 1 aliphatic carbocycles. The highest BCUT2D eigenvalue weighted by Crippen LogP contribution is 2.44. The Labute approximate surface area is 134 Å². The molecule has 0 aliphatic heterocycles. The number of aromatic amines is 1. The van der Waals surface area contributed by atoms with Crippen LogP contribution in [0.25, 0.3) is 11.0 Å². The van der Waals surface area contributed by atoms with Crippen LogP contribution < -0.4 is 0 Å². The van der Waals surface area contributed by atoms with Crippen LogP contribution >= 0.6 is 46.6 Å². The molecule has 0 amide bonds. The minimum absolute atomic E-state index is 0.178. The van der Waals surface area contributed by atoms with E-state index in [0.717, 1.165) is 17.6 Å². The molecule has 0 bridgehead atoms. The maximum atomic E-state index is 13.8. The fourth-order valence-electron chi connectivity index (χ4n) is 2.59. The Balaban J connectivity index is 2.10. The van der Waals surface area contributed by atoms with Gasteiger partial charge in [-0.05, 0) is 60.0 Å². The van der Waals surface area contributed by atoms with E-state index in [4.69, 9.17) is 12.2 Å². The lowest BCUT2D eigenvalue weighted by atomic mass is 9.84. The van der Waals surface area contributed by atoms with Crippen LogP contribution in [0.3, 0.4) is 0 Å². The minimum Gasteiger partial charge on any atom is -0.331 e. The van der Waals surface area contributed by atoms with Crippen LogP contribution in [0.5, 0.6) is 0 Å². The second-order valence-electron chi connectivity index (χ2n) is 5.04. The van der Waals surface area contributed by atoms with E-state index in [1.807, 2.05) is 40.4 Å². The van der Waals surface area contributed by atoms with Crippen molar-refractivity contribution in [2.75, 3.05) is 6.26 Å². The molecule has 3 rings (SSSR count). The molecule has 0 radical (unpaired) electrons. The van der Waals surface area contributed by atoms with Crippen molar-refractivity contribution in [1.29, 1.82) is 0 Å². The number of rotatable bonds is 3. The van der Waals surface area contributed by atoms with Crippen LogP contribution in [0.4, 0.5) is 4.39 Å². The summed E-state index contributed by atoms with van der Waals surface area (Å²) in [6, 6.07) is 3.42. The molecule has 1 aromatic carbocycles. The van der Waals surface area contributed by atoms with Crippen LogP contribution in [0.1, 0.15) is 19.3 Å². The second kappa shape index (κ2) is 5.04. The van der Waals surface area contributed by atoms with Gasteiger partial charge in [-0.2, -0.15) is 11.8 Å². The Morgan fingerprint density at radius 2 is 2.26 bits per heavy atom. The number of aromatic nitrogens is 2. The van der Waals surface area contributed by atoms with E-state index in [2.05, 4.69) is 15.8 Å². The van der Waals surface area contributed by atoms with E-state index < -0.39 is 0 Å². The third-order valence-corrected chi connectivity index (χ3v) is 6.51. The lowest BCUT2D eigenvalue weighted by Crippen LogP contribution is -2.37. The van der Waals surface area contributed by atoms with Crippen molar-refractivity contribution in [3.8, 4) is 0 Å². The molecule has 102 valence electrons. The van der Waals surface area contributed by atoms with E-state index in [9.17, 15) is 4.39 Å². The number of hydrogen-bond donors (Lipinski definition) is 1. The lowest BCUT2D eigenvalue weighted by Gasteiger charge is -2.40. The van der Waals surface area contributed by atoms with Crippen LogP contribution in [0.2, 0.25) is 0 Å². The summed E-state index contributed by atoms with van der Waals surface area (Å²) in [5.41, 5.74) is 1.80. The normalized spacial score (nSPS) is 17.6. The van der Waals surface area contributed by atoms with Gasteiger partial charge in [0.05, 0.1) is 14.6 Å². The minimum atomic E-state index is -0.178. The maximum Gasteiger partial charge on any atom is 0.178 e. The average Bonchev–Trinajstić information content (AvgIpc) is 2.61. The number of fused-ring (bicyclic) bond motifs is 1. The standard InChI is InChI=1S/C13H14FIN2S2/c1-19-13(3-2-4-13)7-17-11-5-8(14)9(15)6-10(11)16-12(17)18/h5-6H,2-4,7H2,1H3,(H,16,18). The highest BCUT2D eigenvalue weighted by atomic mass is 127. The van der Waals surface area contributed by atoms with E-state index >= 15 is 0 Å². The zero-order valence-corrected chi connectivity index (χ0v) is 14.3. The van der Waals surface area contributed by atoms with Crippen LogP contribution in [0, 0.1) is 14.2 Å². The van der Waals surface area contributed by atoms with Gasteiger partial charge in [0.15, 0.2) is 4.77 Å². The SMILES string of the molecule is CSC1(Cn2c(=S)[nH]c3cc(I)c(F)cc32)CCC1. The van der Waals surface area contributed by atoms with E-state index in [1.54, 1.807) is 6.07 Å². The van der Waals surface area contributed by atoms with Gasteiger partial charge in [-0.15, -0.1) is 0 Å². The maximum absolute atomic E-state index is 13.8. The van der Waals surface area contributed by atoms with E-state index in [1.165, 1.54) is 19.3 Å². The fourth-order valence-corrected chi connectivity index (χ4v) is 4.29. The molecule has 1 heterocycles. The van der Waals surface area contributed by atoms with Crippen LogP contribution in [-0.4, -0.2) is 20.6 Å². The van der Waals surface area contributed by atoms with Crippen molar-refractivity contribution in [3.05, 3.63) is 26.3 Å². The van der Waals surface area contributed by atoms with E-state index in [-0.39, 0.29) is 10.6 Å². The molecule has 0 unspecified atom stereocenters. The highest BCUT2D eigenvalue weighted by molar-refractivity contribution is 14.1. The summed E-state index contributed by atoms with van der Waals surface area (Å²) >= 11 is 9.31. The first-order chi connectivity index (χ1) is 9.04. The Kier molecular flexibility index (Phi) is 3.68. The van der Waals surface area contributed by atoms with Crippen LogP contribution in [0.15, 0.2) is 12.1 Å². The zero-order chi connectivity index (χ0) is 13.6. The molecule has 0 spiro atoms. The summed E-state index contributed by atoms with van der Waals surface area (Å²) < 4.78 is 17.4. The number of benzene rings is 1. The highest BCUT2D eigenvalue weighted by Gasteiger charge is 2.37. The monoisotopic (exact) mass is 408 g/mol. The van der Waals surface area contributed by atoms with Gasteiger partial charge in [0.2, 0.25) is 0 Å². The first-order valence-corrected chi connectivity index (χ1v) is 8.89. The van der Waals surface area contributed by atoms with Gasteiger partial charge in [0.1, 0.15) is 5.82 Å². The fraction of sp³-hybridized carbons (Fsp3) is 0.462. The Bertz CT molecular complexity index is 682. The number of H-pyrrole nitrogens is 1. The Morgan fingerprint density at radius 3 is 2.84 bits per heavy atom.